The Morgan fingerprint density at radius 1 is 0.968 bits per heavy atom. The fraction of sp³-hybridized carbons (Fsp3) is 0.240. The van der Waals surface area contributed by atoms with Crippen LogP contribution >= 0.6 is 0 Å². The Labute approximate surface area is 182 Å². The second-order valence-electron chi connectivity index (χ2n) is 6.95. The Kier molecular flexibility index (Phi) is 5.98. The lowest BCUT2D eigenvalue weighted by Gasteiger charge is -2.14. The molecule has 0 bridgehead atoms. The first kappa shape index (κ1) is 20.6. The number of anilines is 1. The van der Waals surface area contributed by atoms with E-state index in [0.717, 1.165) is 58.9 Å². The molecular weight excluding hydrogens is 392 g/mol. The second kappa shape index (κ2) is 9.00. The molecule has 6 nitrogen and oxygen atoms in total. The number of aryl methyl sites for hydroxylation is 1. The lowest BCUT2D eigenvalue weighted by molar-refractivity contribution is -0.674. The molecule has 0 atom stereocenters. The molecule has 0 saturated heterocycles. The van der Waals surface area contributed by atoms with Gasteiger partial charge in [-0.1, -0.05) is 18.2 Å². The number of fused-ring (bicyclic) bond motifs is 2. The van der Waals surface area contributed by atoms with Gasteiger partial charge in [-0.3, -0.25) is 0 Å². The largest absolute Gasteiger partial charge is 0.497 e. The number of allylic oxidation sites excluding steroid dienone is 4. The van der Waals surface area contributed by atoms with Gasteiger partial charge in [0.05, 0.1) is 26.0 Å². The van der Waals surface area contributed by atoms with Crippen LogP contribution in [0.2, 0.25) is 0 Å². The van der Waals surface area contributed by atoms with Gasteiger partial charge >= 0.3 is 5.89 Å². The van der Waals surface area contributed by atoms with Crippen LogP contribution in [0.25, 0.3) is 17.2 Å². The molecule has 0 fully saturated rings. The highest BCUT2D eigenvalue weighted by Gasteiger charge is 2.25. The molecule has 0 N–H and O–H groups in total. The highest BCUT2D eigenvalue weighted by atomic mass is 16.5. The molecule has 0 amide bonds. The summed E-state index contributed by atoms with van der Waals surface area (Å²) in [6.45, 7) is 5.82. The first-order valence-corrected chi connectivity index (χ1v) is 10.4. The van der Waals surface area contributed by atoms with E-state index >= 15 is 0 Å². The van der Waals surface area contributed by atoms with Gasteiger partial charge in [0.1, 0.15) is 18.0 Å². The third kappa shape index (κ3) is 4.01. The summed E-state index contributed by atoms with van der Waals surface area (Å²) in [7, 11) is 3.31. The SMILES string of the molecule is CCN1C(=CC=CC=Cc2oc3cc(OC)ccc3[n+]2CC)Oc2cc(OC)ccc21. The van der Waals surface area contributed by atoms with E-state index in [0.29, 0.717) is 0 Å². The topological polar surface area (TPSA) is 48.0 Å². The van der Waals surface area contributed by atoms with Gasteiger partial charge in [0, 0.05) is 24.7 Å². The van der Waals surface area contributed by atoms with Crippen molar-refractivity contribution in [2.75, 3.05) is 25.7 Å². The highest BCUT2D eigenvalue weighted by Crippen LogP contribution is 2.40. The lowest BCUT2D eigenvalue weighted by atomic mass is 10.2. The minimum atomic E-state index is 0.780. The maximum absolute atomic E-state index is 6.01. The molecule has 31 heavy (non-hydrogen) atoms. The molecule has 1 aliphatic heterocycles. The predicted molar refractivity (Wildman–Crippen MR) is 122 cm³/mol. The number of oxazole rings is 1. The van der Waals surface area contributed by atoms with Gasteiger partial charge in [-0.25, -0.2) is 0 Å². The molecule has 0 aliphatic carbocycles. The zero-order valence-electron chi connectivity index (χ0n) is 18.3. The average Bonchev–Trinajstić information content (AvgIpc) is 3.34. The molecule has 1 aromatic heterocycles. The first-order chi connectivity index (χ1) is 15.2. The van der Waals surface area contributed by atoms with E-state index in [2.05, 4.69) is 23.3 Å². The molecule has 0 spiro atoms. The third-order valence-electron chi connectivity index (χ3n) is 5.21. The van der Waals surface area contributed by atoms with Crippen LogP contribution in [0.5, 0.6) is 17.2 Å². The van der Waals surface area contributed by atoms with E-state index in [1.807, 2.05) is 66.8 Å². The van der Waals surface area contributed by atoms with Gasteiger partial charge in [0.15, 0.2) is 5.75 Å². The number of hydrogen-bond donors (Lipinski definition) is 0. The average molecular weight is 420 g/mol. The Hall–Kier alpha value is -3.67. The standard InChI is InChI=1S/C25H27N2O4/c1-5-26-20-14-12-18(28-3)16-22(20)30-24(26)10-8-7-9-11-25-27(6-2)21-15-13-19(29-4)17-23(21)31-25/h7-17H,5-6H2,1-4H3/q+1. The fourth-order valence-electron chi connectivity index (χ4n) is 3.67. The summed E-state index contributed by atoms with van der Waals surface area (Å²) in [5.41, 5.74) is 2.89. The number of methoxy groups -OCH3 is 2. The summed E-state index contributed by atoms with van der Waals surface area (Å²) in [6, 6.07) is 11.7. The van der Waals surface area contributed by atoms with E-state index in [1.165, 1.54) is 0 Å². The number of ether oxygens (including phenoxy) is 3. The highest BCUT2D eigenvalue weighted by molar-refractivity contribution is 5.72. The minimum absolute atomic E-state index is 0.780. The number of aromatic nitrogens is 1. The van der Waals surface area contributed by atoms with Gasteiger partial charge in [-0.2, -0.15) is 4.57 Å². The van der Waals surface area contributed by atoms with Crippen LogP contribution in [0.3, 0.4) is 0 Å². The van der Waals surface area contributed by atoms with Crippen LogP contribution in [0, 0.1) is 0 Å². The fourth-order valence-corrected chi connectivity index (χ4v) is 3.67. The number of hydrogen-bond acceptors (Lipinski definition) is 5. The van der Waals surface area contributed by atoms with Crippen LogP contribution in [0.15, 0.2) is 71.0 Å². The Morgan fingerprint density at radius 2 is 1.74 bits per heavy atom. The van der Waals surface area contributed by atoms with Crippen LogP contribution in [0.4, 0.5) is 5.69 Å². The van der Waals surface area contributed by atoms with Gasteiger partial charge < -0.3 is 23.5 Å². The van der Waals surface area contributed by atoms with Crippen molar-refractivity contribution in [3.8, 4) is 17.2 Å². The molecule has 4 rings (SSSR count). The molecule has 6 heteroatoms. The van der Waals surface area contributed by atoms with Crippen LogP contribution in [-0.4, -0.2) is 20.8 Å². The van der Waals surface area contributed by atoms with Crippen LogP contribution < -0.4 is 23.7 Å². The monoisotopic (exact) mass is 419 g/mol. The van der Waals surface area contributed by atoms with Crippen molar-refractivity contribution in [3.05, 3.63) is 72.5 Å². The van der Waals surface area contributed by atoms with E-state index in [9.17, 15) is 0 Å². The Bertz CT molecular complexity index is 1170. The minimum Gasteiger partial charge on any atom is -0.497 e. The van der Waals surface area contributed by atoms with Crippen molar-refractivity contribution >= 4 is 22.9 Å². The molecule has 0 saturated carbocycles. The van der Waals surface area contributed by atoms with Crippen LogP contribution in [-0.2, 0) is 6.54 Å². The molecule has 160 valence electrons. The molecule has 2 heterocycles. The normalized spacial score (nSPS) is 14.7. The van der Waals surface area contributed by atoms with E-state index in [-0.39, 0.29) is 0 Å². The summed E-state index contributed by atoms with van der Waals surface area (Å²) < 4.78 is 24.7. The van der Waals surface area contributed by atoms with Gasteiger partial charge in [0.2, 0.25) is 11.5 Å². The number of nitrogens with zero attached hydrogens (tertiary/aromatic N) is 2. The summed E-state index contributed by atoms with van der Waals surface area (Å²) in [6.07, 6.45) is 9.79. The molecule has 3 aromatic rings. The van der Waals surface area contributed by atoms with E-state index in [4.69, 9.17) is 18.6 Å². The van der Waals surface area contributed by atoms with E-state index in [1.54, 1.807) is 14.2 Å². The maximum Gasteiger partial charge on any atom is 0.374 e. The van der Waals surface area contributed by atoms with Crippen molar-refractivity contribution < 1.29 is 23.2 Å². The smallest absolute Gasteiger partial charge is 0.374 e. The van der Waals surface area contributed by atoms with Crippen molar-refractivity contribution in [2.45, 2.75) is 20.4 Å². The van der Waals surface area contributed by atoms with Gasteiger partial charge in [-0.05, 0) is 38.1 Å². The van der Waals surface area contributed by atoms with Crippen molar-refractivity contribution in [2.24, 2.45) is 0 Å². The van der Waals surface area contributed by atoms with Gasteiger partial charge in [-0.15, -0.1) is 0 Å². The Balaban J connectivity index is 1.51. The summed E-state index contributed by atoms with van der Waals surface area (Å²) in [5.74, 6) is 3.94. The van der Waals surface area contributed by atoms with Crippen molar-refractivity contribution in [1.29, 1.82) is 0 Å². The van der Waals surface area contributed by atoms with Crippen molar-refractivity contribution in [3.63, 3.8) is 0 Å². The third-order valence-corrected chi connectivity index (χ3v) is 5.21. The molecular formula is C25H27N2O4+. The zero-order chi connectivity index (χ0) is 21.8. The molecule has 1 aliphatic rings. The predicted octanol–water partition coefficient (Wildman–Crippen LogP) is 5.09. The molecule has 2 aromatic carbocycles. The van der Waals surface area contributed by atoms with Gasteiger partial charge in [0.25, 0.3) is 5.52 Å². The second-order valence-corrected chi connectivity index (χ2v) is 6.95. The zero-order valence-corrected chi connectivity index (χ0v) is 18.3. The lowest BCUT2D eigenvalue weighted by Crippen LogP contribution is -2.33. The van der Waals surface area contributed by atoms with Crippen LogP contribution in [0.1, 0.15) is 19.7 Å². The number of benzene rings is 2. The maximum atomic E-state index is 6.01. The first-order valence-electron chi connectivity index (χ1n) is 10.4. The summed E-state index contributed by atoms with van der Waals surface area (Å²) in [4.78, 5) is 2.13. The summed E-state index contributed by atoms with van der Waals surface area (Å²) >= 11 is 0. The van der Waals surface area contributed by atoms with E-state index < -0.39 is 0 Å². The Morgan fingerprint density at radius 3 is 2.48 bits per heavy atom. The quantitative estimate of drug-likeness (QED) is 0.394. The molecule has 0 radical (unpaired) electrons. The van der Waals surface area contributed by atoms with Crippen molar-refractivity contribution in [1.82, 2.24) is 0 Å². The summed E-state index contributed by atoms with van der Waals surface area (Å²) in [5, 5.41) is 0. The number of rotatable bonds is 7. The molecule has 0 unspecified atom stereocenters.